The van der Waals surface area contributed by atoms with E-state index < -0.39 is 0 Å². The zero-order valence-corrected chi connectivity index (χ0v) is 11.9. The van der Waals surface area contributed by atoms with Crippen LogP contribution >= 0.6 is 11.8 Å². The van der Waals surface area contributed by atoms with E-state index in [-0.39, 0.29) is 0 Å². The maximum atomic E-state index is 5.06. The molecule has 0 amide bonds. The fourth-order valence-corrected chi connectivity index (χ4v) is 2.68. The molecule has 3 rings (SSSR count). The topological polar surface area (TPSA) is 38.1 Å². The predicted molar refractivity (Wildman–Crippen MR) is 77.1 cm³/mol. The van der Waals surface area contributed by atoms with Gasteiger partial charge in [0.05, 0.1) is 5.69 Å². The third-order valence-electron chi connectivity index (χ3n) is 3.16. The predicted octanol–water partition coefficient (Wildman–Crippen LogP) is 3.53. The van der Waals surface area contributed by atoms with E-state index in [4.69, 9.17) is 4.52 Å². The molecule has 1 saturated carbocycles. The molecule has 1 heterocycles. The van der Waals surface area contributed by atoms with Crippen molar-refractivity contribution in [3.63, 3.8) is 0 Å². The Morgan fingerprint density at radius 3 is 2.74 bits per heavy atom. The van der Waals surface area contributed by atoms with Gasteiger partial charge in [0.15, 0.2) is 0 Å². The molecule has 0 bridgehead atoms. The summed E-state index contributed by atoms with van der Waals surface area (Å²) in [6, 6.07) is 11.5. The largest absolute Gasteiger partial charge is 0.361 e. The molecule has 1 N–H and O–H groups in total. The quantitative estimate of drug-likeness (QED) is 0.818. The Kier molecular flexibility index (Phi) is 3.89. The van der Waals surface area contributed by atoms with Crippen LogP contribution in [0.1, 0.15) is 29.9 Å². The standard InChI is InChI=1S/C15H18N2OS/c1-11-8-14(17-18-11)10-19-15-6-2-12(3-7-15)9-16-13-4-5-13/h2-3,6-8,13,16H,4-5,9-10H2,1H3. The van der Waals surface area contributed by atoms with Crippen molar-refractivity contribution in [2.75, 3.05) is 0 Å². The Morgan fingerprint density at radius 2 is 2.11 bits per heavy atom. The van der Waals surface area contributed by atoms with Gasteiger partial charge in [0, 0.05) is 29.3 Å². The molecule has 2 aromatic rings. The van der Waals surface area contributed by atoms with E-state index in [1.54, 1.807) is 11.8 Å². The van der Waals surface area contributed by atoms with Gasteiger partial charge in [-0.25, -0.2) is 0 Å². The maximum Gasteiger partial charge on any atom is 0.133 e. The van der Waals surface area contributed by atoms with Gasteiger partial charge in [0.2, 0.25) is 0 Å². The molecule has 1 fully saturated rings. The number of rotatable bonds is 6. The van der Waals surface area contributed by atoms with Crippen LogP contribution in [0.2, 0.25) is 0 Å². The number of nitrogens with zero attached hydrogens (tertiary/aromatic N) is 1. The van der Waals surface area contributed by atoms with Gasteiger partial charge in [-0.05, 0) is 37.5 Å². The average Bonchev–Trinajstić information content (AvgIpc) is 3.17. The van der Waals surface area contributed by atoms with Crippen LogP contribution in [-0.4, -0.2) is 11.2 Å². The summed E-state index contributed by atoms with van der Waals surface area (Å²) in [7, 11) is 0. The minimum atomic E-state index is 0.768. The second kappa shape index (κ2) is 5.80. The Bertz CT molecular complexity index is 531. The van der Waals surface area contributed by atoms with Crippen molar-refractivity contribution < 1.29 is 4.52 Å². The molecule has 1 aliphatic carbocycles. The summed E-state index contributed by atoms with van der Waals surface area (Å²) in [5, 5.41) is 7.52. The first kappa shape index (κ1) is 12.8. The number of benzene rings is 1. The zero-order chi connectivity index (χ0) is 13.1. The van der Waals surface area contributed by atoms with Crippen molar-refractivity contribution in [2.45, 2.75) is 43.0 Å². The van der Waals surface area contributed by atoms with Crippen LogP contribution < -0.4 is 5.32 Å². The molecular formula is C15H18N2OS. The van der Waals surface area contributed by atoms with E-state index in [0.717, 1.165) is 29.8 Å². The lowest BCUT2D eigenvalue weighted by molar-refractivity contribution is 0.393. The van der Waals surface area contributed by atoms with Crippen molar-refractivity contribution in [3.8, 4) is 0 Å². The Morgan fingerprint density at radius 1 is 1.32 bits per heavy atom. The van der Waals surface area contributed by atoms with E-state index in [0.29, 0.717) is 0 Å². The Hall–Kier alpha value is -1.26. The third-order valence-corrected chi connectivity index (χ3v) is 4.20. The fraction of sp³-hybridized carbons (Fsp3) is 0.400. The minimum Gasteiger partial charge on any atom is -0.361 e. The number of thioether (sulfide) groups is 1. The SMILES string of the molecule is Cc1cc(CSc2ccc(CNC3CC3)cc2)no1. The summed E-state index contributed by atoms with van der Waals surface area (Å²) in [5.74, 6) is 1.73. The molecule has 0 saturated heterocycles. The van der Waals surface area contributed by atoms with E-state index in [1.807, 2.05) is 13.0 Å². The molecule has 0 radical (unpaired) electrons. The molecule has 3 nitrogen and oxygen atoms in total. The van der Waals surface area contributed by atoms with Crippen LogP contribution in [0.15, 0.2) is 39.8 Å². The first-order chi connectivity index (χ1) is 9.29. The van der Waals surface area contributed by atoms with Crippen molar-refractivity contribution in [3.05, 3.63) is 47.3 Å². The number of hydrogen-bond donors (Lipinski definition) is 1. The molecule has 1 aliphatic rings. The number of aromatic nitrogens is 1. The molecular weight excluding hydrogens is 256 g/mol. The smallest absolute Gasteiger partial charge is 0.133 e. The van der Waals surface area contributed by atoms with E-state index >= 15 is 0 Å². The van der Waals surface area contributed by atoms with Crippen LogP contribution in [0.4, 0.5) is 0 Å². The molecule has 0 aliphatic heterocycles. The van der Waals surface area contributed by atoms with Crippen LogP contribution in [0.25, 0.3) is 0 Å². The van der Waals surface area contributed by atoms with Gasteiger partial charge in [0.25, 0.3) is 0 Å². The molecule has 0 atom stereocenters. The van der Waals surface area contributed by atoms with E-state index in [2.05, 4.69) is 34.7 Å². The normalized spacial score (nSPS) is 14.8. The van der Waals surface area contributed by atoms with E-state index in [9.17, 15) is 0 Å². The van der Waals surface area contributed by atoms with E-state index in [1.165, 1.54) is 23.3 Å². The van der Waals surface area contributed by atoms with Crippen LogP contribution in [0.3, 0.4) is 0 Å². The molecule has 0 unspecified atom stereocenters. The number of hydrogen-bond acceptors (Lipinski definition) is 4. The lowest BCUT2D eigenvalue weighted by Crippen LogP contribution is -2.14. The van der Waals surface area contributed by atoms with Crippen LogP contribution in [0.5, 0.6) is 0 Å². The summed E-state index contributed by atoms with van der Waals surface area (Å²) >= 11 is 1.79. The fourth-order valence-electron chi connectivity index (χ4n) is 1.90. The van der Waals surface area contributed by atoms with Crippen LogP contribution in [-0.2, 0) is 12.3 Å². The third kappa shape index (κ3) is 3.85. The minimum absolute atomic E-state index is 0.768. The Balaban J connectivity index is 1.50. The molecule has 4 heteroatoms. The second-order valence-corrected chi connectivity index (χ2v) is 6.07. The van der Waals surface area contributed by atoms with Gasteiger partial charge in [-0.15, -0.1) is 11.8 Å². The summed E-state index contributed by atoms with van der Waals surface area (Å²) in [4.78, 5) is 1.27. The maximum absolute atomic E-state index is 5.06. The number of aryl methyl sites for hydroxylation is 1. The second-order valence-electron chi connectivity index (χ2n) is 5.02. The van der Waals surface area contributed by atoms with Gasteiger partial charge >= 0.3 is 0 Å². The van der Waals surface area contributed by atoms with Crippen LogP contribution in [0, 0.1) is 6.92 Å². The highest BCUT2D eigenvalue weighted by atomic mass is 32.2. The van der Waals surface area contributed by atoms with Gasteiger partial charge in [-0.1, -0.05) is 17.3 Å². The molecule has 1 aromatic carbocycles. The van der Waals surface area contributed by atoms with Gasteiger partial charge in [-0.2, -0.15) is 0 Å². The highest BCUT2D eigenvalue weighted by Crippen LogP contribution is 2.23. The lowest BCUT2D eigenvalue weighted by Gasteiger charge is -2.04. The first-order valence-electron chi connectivity index (χ1n) is 6.67. The molecule has 1 aromatic heterocycles. The average molecular weight is 274 g/mol. The number of nitrogens with one attached hydrogen (secondary N) is 1. The van der Waals surface area contributed by atoms with Crippen molar-refractivity contribution in [1.29, 1.82) is 0 Å². The van der Waals surface area contributed by atoms with Crippen molar-refractivity contribution >= 4 is 11.8 Å². The van der Waals surface area contributed by atoms with Gasteiger partial charge in [0.1, 0.15) is 5.76 Å². The summed E-state index contributed by atoms with van der Waals surface area (Å²) in [6.45, 7) is 2.90. The molecule has 0 spiro atoms. The summed E-state index contributed by atoms with van der Waals surface area (Å²) in [5.41, 5.74) is 2.36. The summed E-state index contributed by atoms with van der Waals surface area (Å²) in [6.07, 6.45) is 2.68. The molecule has 19 heavy (non-hydrogen) atoms. The highest BCUT2D eigenvalue weighted by molar-refractivity contribution is 7.98. The Labute approximate surface area is 117 Å². The van der Waals surface area contributed by atoms with Crippen molar-refractivity contribution in [2.24, 2.45) is 0 Å². The summed E-state index contributed by atoms with van der Waals surface area (Å²) < 4.78 is 5.06. The zero-order valence-electron chi connectivity index (χ0n) is 11.1. The van der Waals surface area contributed by atoms with Gasteiger partial charge in [-0.3, -0.25) is 0 Å². The first-order valence-corrected chi connectivity index (χ1v) is 7.65. The highest BCUT2D eigenvalue weighted by Gasteiger charge is 2.19. The monoisotopic (exact) mass is 274 g/mol. The molecule has 100 valence electrons. The lowest BCUT2D eigenvalue weighted by atomic mass is 10.2. The van der Waals surface area contributed by atoms with Crippen molar-refractivity contribution in [1.82, 2.24) is 10.5 Å². The van der Waals surface area contributed by atoms with Gasteiger partial charge < -0.3 is 9.84 Å².